The highest BCUT2D eigenvalue weighted by atomic mass is 19.1. The number of hydrogen-bond acceptors (Lipinski definition) is 3. The third-order valence-electron chi connectivity index (χ3n) is 4.77. The summed E-state index contributed by atoms with van der Waals surface area (Å²) in [7, 11) is 2.00. The number of halogens is 1. The highest BCUT2D eigenvalue weighted by molar-refractivity contribution is 6.06. The van der Waals surface area contributed by atoms with Crippen LogP contribution in [0.3, 0.4) is 0 Å². The topological polar surface area (TPSA) is 55.6 Å². The van der Waals surface area contributed by atoms with Crippen LogP contribution in [0.25, 0.3) is 22.2 Å². The van der Waals surface area contributed by atoms with Crippen LogP contribution in [-0.4, -0.2) is 23.3 Å². The van der Waals surface area contributed by atoms with E-state index >= 15 is 0 Å². The van der Waals surface area contributed by atoms with E-state index in [-0.39, 0.29) is 12.4 Å². The fourth-order valence-electron chi connectivity index (χ4n) is 3.40. The Kier molecular flexibility index (Phi) is 5.57. The van der Waals surface area contributed by atoms with Crippen molar-refractivity contribution >= 4 is 23.0 Å². The first-order valence-corrected chi connectivity index (χ1v) is 9.47. The molecule has 0 fully saturated rings. The molecule has 0 saturated carbocycles. The van der Waals surface area contributed by atoms with Crippen molar-refractivity contribution < 1.29 is 13.9 Å². The monoisotopic (exact) mass is 401 g/mol. The number of carbonyl (C=O) groups excluding carboxylic acids is 1. The van der Waals surface area contributed by atoms with E-state index in [1.165, 1.54) is 12.1 Å². The molecule has 30 heavy (non-hydrogen) atoms. The zero-order valence-electron chi connectivity index (χ0n) is 16.4. The number of aromatic nitrogens is 1. The molecule has 3 aromatic carbocycles. The van der Waals surface area contributed by atoms with E-state index in [0.717, 1.165) is 27.7 Å². The maximum atomic E-state index is 13.6. The van der Waals surface area contributed by atoms with Gasteiger partial charge in [0.15, 0.2) is 18.2 Å². The van der Waals surface area contributed by atoms with Crippen LogP contribution in [0.15, 0.2) is 84.0 Å². The summed E-state index contributed by atoms with van der Waals surface area (Å²) in [6.07, 6.45) is 1.63. The fraction of sp³-hybridized carbons (Fsp3) is 0.0833. The standard InChI is InChI=1S/C24H20FN3O2/c1-28-21-13-7-5-11-18(21)19(24(28)17-9-3-2-4-10-17)15-26-27-23(29)16-30-22-14-8-6-12-20(22)25/h2-15H,16H2,1H3,(H,27,29)/b26-15+. The largest absolute Gasteiger partial charge is 0.481 e. The number of carbonyl (C=O) groups is 1. The third-order valence-corrected chi connectivity index (χ3v) is 4.77. The Morgan fingerprint density at radius 2 is 1.73 bits per heavy atom. The summed E-state index contributed by atoms with van der Waals surface area (Å²) in [4.78, 5) is 12.1. The summed E-state index contributed by atoms with van der Waals surface area (Å²) < 4.78 is 20.9. The number of fused-ring (bicyclic) bond motifs is 1. The minimum atomic E-state index is -0.517. The van der Waals surface area contributed by atoms with E-state index in [1.807, 2.05) is 61.6 Å². The Balaban J connectivity index is 1.55. The maximum absolute atomic E-state index is 13.6. The third kappa shape index (κ3) is 3.93. The average molecular weight is 401 g/mol. The smallest absolute Gasteiger partial charge is 0.277 e. The molecular weight excluding hydrogens is 381 g/mol. The molecule has 5 nitrogen and oxygen atoms in total. The van der Waals surface area contributed by atoms with Crippen molar-refractivity contribution in [2.24, 2.45) is 12.1 Å². The first-order valence-electron chi connectivity index (χ1n) is 9.47. The van der Waals surface area contributed by atoms with Gasteiger partial charge in [0.2, 0.25) is 0 Å². The predicted molar refractivity (Wildman–Crippen MR) is 116 cm³/mol. The summed E-state index contributed by atoms with van der Waals surface area (Å²) in [6, 6.07) is 24.0. The lowest BCUT2D eigenvalue weighted by Gasteiger charge is -2.06. The minimum Gasteiger partial charge on any atom is -0.481 e. The van der Waals surface area contributed by atoms with Gasteiger partial charge in [-0.15, -0.1) is 0 Å². The Labute approximate surface area is 173 Å². The molecule has 0 radical (unpaired) electrons. The van der Waals surface area contributed by atoms with Gasteiger partial charge < -0.3 is 9.30 Å². The van der Waals surface area contributed by atoms with Gasteiger partial charge in [-0.05, 0) is 23.8 Å². The molecule has 0 bridgehead atoms. The lowest BCUT2D eigenvalue weighted by molar-refractivity contribution is -0.123. The second kappa shape index (κ2) is 8.61. The SMILES string of the molecule is Cn1c(-c2ccccc2)c(/C=N/NC(=O)COc2ccccc2F)c2ccccc21. The van der Waals surface area contributed by atoms with Crippen molar-refractivity contribution in [1.82, 2.24) is 9.99 Å². The van der Waals surface area contributed by atoms with Crippen LogP contribution in [0, 0.1) is 5.82 Å². The molecule has 0 aliphatic rings. The van der Waals surface area contributed by atoms with Crippen LogP contribution < -0.4 is 10.2 Å². The van der Waals surface area contributed by atoms with Gasteiger partial charge >= 0.3 is 0 Å². The van der Waals surface area contributed by atoms with Crippen LogP contribution in [-0.2, 0) is 11.8 Å². The zero-order chi connectivity index (χ0) is 20.9. The van der Waals surface area contributed by atoms with Crippen LogP contribution in [0.2, 0.25) is 0 Å². The number of aryl methyl sites for hydroxylation is 1. The van der Waals surface area contributed by atoms with Gasteiger partial charge in [-0.2, -0.15) is 5.10 Å². The molecule has 0 aliphatic heterocycles. The molecule has 0 atom stereocenters. The van der Waals surface area contributed by atoms with E-state index < -0.39 is 11.7 Å². The molecule has 0 unspecified atom stereocenters. The minimum absolute atomic E-state index is 0.0250. The molecule has 0 aliphatic carbocycles. The van der Waals surface area contributed by atoms with Crippen molar-refractivity contribution in [3.8, 4) is 17.0 Å². The fourth-order valence-corrected chi connectivity index (χ4v) is 3.40. The summed E-state index contributed by atoms with van der Waals surface area (Å²) >= 11 is 0. The number of benzene rings is 3. The number of ether oxygens (including phenoxy) is 1. The molecule has 4 aromatic rings. The van der Waals surface area contributed by atoms with E-state index in [4.69, 9.17) is 4.74 Å². The van der Waals surface area contributed by atoms with Crippen molar-refractivity contribution in [2.75, 3.05) is 6.61 Å². The number of amides is 1. The highest BCUT2D eigenvalue weighted by Crippen LogP contribution is 2.31. The van der Waals surface area contributed by atoms with Gasteiger partial charge in [0, 0.05) is 23.5 Å². The van der Waals surface area contributed by atoms with Crippen molar-refractivity contribution in [3.63, 3.8) is 0 Å². The molecular formula is C24H20FN3O2. The molecule has 1 heterocycles. The van der Waals surface area contributed by atoms with E-state index in [0.29, 0.717) is 0 Å². The molecule has 0 saturated heterocycles. The van der Waals surface area contributed by atoms with Crippen LogP contribution in [0.1, 0.15) is 5.56 Å². The number of nitrogens with one attached hydrogen (secondary N) is 1. The second-order valence-corrected chi connectivity index (χ2v) is 6.72. The van der Waals surface area contributed by atoms with Gasteiger partial charge in [0.05, 0.1) is 11.9 Å². The zero-order valence-corrected chi connectivity index (χ0v) is 16.4. The Hall–Kier alpha value is -3.93. The molecule has 1 N–H and O–H groups in total. The number of hydrazone groups is 1. The summed E-state index contributed by atoms with van der Waals surface area (Å²) in [5.41, 5.74) is 6.45. The van der Waals surface area contributed by atoms with Gasteiger partial charge in [-0.25, -0.2) is 9.82 Å². The first-order chi connectivity index (χ1) is 14.6. The van der Waals surface area contributed by atoms with Crippen LogP contribution >= 0.6 is 0 Å². The Bertz CT molecular complexity index is 1220. The Morgan fingerprint density at radius 1 is 1.03 bits per heavy atom. The summed E-state index contributed by atoms with van der Waals surface area (Å²) in [5, 5.41) is 5.14. The van der Waals surface area contributed by atoms with Crippen LogP contribution in [0.5, 0.6) is 5.75 Å². The van der Waals surface area contributed by atoms with E-state index in [2.05, 4.69) is 15.1 Å². The number of para-hydroxylation sites is 2. The molecule has 4 rings (SSSR count). The highest BCUT2D eigenvalue weighted by Gasteiger charge is 2.15. The number of hydrogen-bond donors (Lipinski definition) is 1. The van der Waals surface area contributed by atoms with Crippen molar-refractivity contribution in [3.05, 3.63) is 90.2 Å². The lowest BCUT2D eigenvalue weighted by atomic mass is 10.1. The normalized spacial score (nSPS) is 11.1. The molecule has 150 valence electrons. The predicted octanol–water partition coefficient (Wildman–Crippen LogP) is 4.51. The number of rotatable bonds is 6. The van der Waals surface area contributed by atoms with Crippen LogP contribution in [0.4, 0.5) is 4.39 Å². The Morgan fingerprint density at radius 3 is 2.53 bits per heavy atom. The summed E-state index contributed by atoms with van der Waals surface area (Å²) in [6.45, 7) is -0.334. The second-order valence-electron chi connectivity index (χ2n) is 6.72. The average Bonchev–Trinajstić information content (AvgIpc) is 3.06. The van der Waals surface area contributed by atoms with Crippen molar-refractivity contribution in [2.45, 2.75) is 0 Å². The maximum Gasteiger partial charge on any atom is 0.277 e. The molecule has 1 amide bonds. The van der Waals surface area contributed by atoms with Gasteiger partial charge in [0.25, 0.3) is 5.91 Å². The molecule has 1 aromatic heterocycles. The summed E-state index contributed by atoms with van der Waals surface area (Å²) in [5.74, 6) is -0.967. The van der Waals surface area contributed by atoms with Crippen molar-refractivity contribution in [1.29, 1.82) is 0 Å². The quantitative estimate of drug-likeness (QED) is 0.382. The number of nitrogens with zero attached hydrogens (tertiary/aromatic N) is 2. The van der Waals surface area contributed by atoms with Gasteiger partial charge in [-0.3, -0.25) is 4.79 Å². The molecule has 6 heteroatoms. The lowest BCUT2D eigenvalue weighted by Crippen LogP contribution is -2.24. The van der Waals surface area contributed by atoms with E-state index in [9.17, 15) is 9.18 Å². The van der Waals surface area contributed by atoms with Gasteiger partial charge in [0.1, 0.15) is 0 Å². The van der Waals surface area contributed by atoms with Gasteiger partial charge in [-0.1, -0.05) is 60.7 Å². The molecule has 0 spiro atoms. The van der Waals surface area contributed by atoms with E-state index in [1.54, 1.807) is 18.3 Å². The first kappa shape index (κ1) is 19.4.